The number of benzene rings is 1. The second-order valence-electron chi connectivity index (χ2n) is 4.36. The first-order valence-electron chi connectivity index (χ1n) is 5.63. The highest BCUT2D eigenvalue weighted by molar-refractivity contribution is 5.77. The number of hydrogen-bond donors (Lipinski definition) is 1. The molecule has 0 unspecified atom stereocenters. The predicted octanol–water partition coefficient (Wildman–Crippen LogP) is 2.85. The summed E-state index contributed by atoms with van der Waals surface area (Å²) in [6.07, 6.45) is -4.55. The molecule has 0 saturated carbocycles. The van der Waals surface area contributed by atoms with Crippen molar-refractivity contribution in [3.8, 4) is 6.07 Å². The summed E-state index contributed by atoms with van der Waals surface area (Å²) in [7, 11) is 0. The number of halogens is 3. The molecule has 1 amide bonds. The summed E-state index contributed by atoms with van der Waals surface area (Å²) in [6, 6.07) is 4.77. The van der Waals surface area contributed by atoms with Crippen molar-refractivity contribution in [3.63, 3.8) is 0 Å². The Bertz CT molecular complexity index is 516. The van der Waals surface area contributed by atoms with Crippen LogP contribution in [0, 0.1) is 17.2 Å². The average Bonchev–Trinajstić information content (AvgIpc) is 2.34. The molecule has 0 atom stereocenters. The maximum absolute atomic E-state index is 12.6. The van der Waals surface area contributed by atoms with Gasteiger partial charge in [0.1, 0.15) is 0 Å². The van der Waals surface area contributed by atoms with Crippen LogP contribution in [0.5, 0.6) is 0 Å². The summed E-state index contributed by atoms with van der Waals surface area (Å²) >= 11 is 0. The highest BCUT2D eigenvalue weighted by atomic mass is 19.4. The number of nitrogens with zero attached hydrogens (tertiary/aromatic N) is 1. The SMILES string of the molecule is CC(C)C(=O)NCc1ccc(C(F)(F)F)c(C#N)c1. The number of nitriles is 1. The van der Waals surface area contributed by atoms with Gasteiger partial charge in [-0.15, -0.1) is 0 Å². The van der Waals surface area contributed by atoms with Crippen molar-refractivity contribution in [3.05, 3.63) is 34.9 Å². The molecular formula is C13H13F3N2O. The van der Waals surface area contributed by atoms with Crippen molar-refractivity contribution in [2.45, 2.75) is 26.6 Å². The third-order valence-corrected chi connectivity index (χ3v) is 2.50. The minimum absolute atomic E-state index is 0.101. The fourth-order valence-corrected chi connectivity index (χ4v) is 1.43. The molecule has 0 aliphatic carbocycles. The second-order valence-corrected chi connectivity index (χ2v) is 4.36. The van der Waals surface area contributed by atoms with E-state index in [1.165, 1.54) is 12.1 Å². The van der Waals surface area contributed by atoms with Crippen molar-refractivity contribution in [2.24, 2.45) is 5.92 Å². The monoisotopic (exact) mass is 270 g/mol. The molecule has 102 valence electrons. The topological polar surface area (TPSA) is 52.9 Å². The Morgan fingerprint density at radius 3 is 2.53 bits per heavy atom. The lowest BCUT2D eigenvalue weighted by atomic mass is 10.0. The number of carbonyl (C=O) groups is 1. The molecule has 0 fully saturated rings. The largest absolute Gasteiger partial charge is 0.417 e. The highest BCUT2D eigenvalue weighted by Crippen LogP contribution is 2.32. The quantitative estimate of drug-likeness (QED) is 0.918. The summed E-state index contributed by atoms with van der Waals surface area (Å²) in [5.41, 5.74) is -0.948. The zero-order valence-corrected chi connectivity index (χ0v) is 10.5. The first-order chi connectivity index (χ1) is 8.75. The third kappa shape index (κ3) is 3.98. The van der Waals surface area contributed by atoms with Crippen LogP contribution in [0.4, 0.5) is 13.2 Å². The zero-order chi connectivity index (χ0) is 14.6. The van der Waals surface area contributed by atoms with Gasteiger partial charge < -0.3 is 5.32 Å². The second kappa shape index (κ2) is 5.74. The fourth-order valence-electron chi connectivity index (χ4n) is 1.43. The molecule has 3 nitrogen and oxygen atoms in total. The lowest BCUT2D eigenvalue weighted by Crippen LogP contribution is -2.27. The summed E-state index contributed by atoms with van der Waals surface area (Å²) < 4.78 is 37.7. The Morgan fingerprint density at radius 2 is 2.05 bits per heavy atom. The smallest absolute Gasteiger partial charge is 0.352 e. The number of carbonyl (C=O) groups excluding carboxylic acids is 1. The van der Waals surface area contributed by atoms with Gasteiger partial charge in [-0.25, -0.2) is 0 Å². The Hall–Kier alpha value is -2.03. The molecule has 1 N–H and O–H groups in total. The molecule has 1 rings (SSSR count). The molecular weight excluding hydrogens is 257 g/mol. The van der Waals surface area contributed by atoms with E-state index in [1.54, 1.807) is 13.8 Å². The van der Waals surface area contributed by atoms with Crippen LogP contribution in [0.2, 0.25) is 0 Å². The van der Waals surface area contributed by atoms with Crippen molar-refractivity contribution >= 4 is 5.91 Å². The summed E-state index contributed by atoms with van der Waals surface area (Å²) in [6.45, 7) is 3.52. The molecule has 0 aliphatic heterocycles. The van der Waals surface area contributed by atoms with Crippen LogP contribution in [0.3, 0.4) is 0 Å². The van der Waals surface area contributed by atoms with Crippen LogP contribution >= 0.6 is 0 Å². The Labute approximate surface area is 109 Å². The Balaban J connectivity index is 2.90. The van der Waals surface area contributed by atoms with Crippen LogP contribution < -0.4 is 5.32 Å². The van der Waals surface area contributed by atoms with Gasteiger partial charge in [0.15, 0.2) is 0 Å². The number of alkyl halides is 3. The van der Waals surface area contributed by atoms with E-state index in [9.17, 15) is 18.0 Å². The van der Waals surface area contributed by atoms with E-state index in [2.05, 4.69) is 5.32 Å². The van der Waals surface area contributed by atoms with Crippen molar-refractivity contribution in [2.75, 3.05) is 0 Å². The molecule has 1 aromatic carbocycles. The summed E-state index contributed by atoms with van der Waals surface area (Å²) in [4.78, 5) is 11.3. The minimum Gasteiger partial charge on any atom is -0.352 e. The van der Waals surface area contributed by atoms with E-state index in [4.69, 9.17) is 5.26 Å². The van der Waals surface area contributed by atoms with E-state index in [0.717, 1.165) is 12.1 Å². The van der Waals surface area contributed by atoms with E-state index in [0.29, 0.717) is 5.56 Å². The molecule has 0 heterocycles. The van der Waals surface area contributed by atoms with Crippen LogP contribution in [0.15, 0.2) is 18.2 Å². The number of hydrogen-bond acceptors (Lipinski definition) is 2. The van der Waals surface area contributed by atoms with Gasteiger partial charge >= 0.3 is 6.18 Å². The third-order valence-electron chi connectivity index (χ3n) is 2.50. The van der Waals surface area contributed by atoms with Crippen LogP contribution in [-0.4, -0.2) is 5.91 Å². The fraction of sp³-hybridized carbons (Fsp3) is 0.385. The maximum Gasteiger partial charge on any atom is 0.417 e. The Kier molecular flexibility index (Phi) is 4.54. The van der Waals surface area contributed by atoms with Crippen molar-refractivity contribution in [1.29, 1.82) is 5.26 Å². The standard InChI is InChI=1S/C13H13F3N2O/c1-8(2)12(19)18-7-9-3-4-11(13(14,15)16)10(5-9)6-17/h3-5,8H,7H2,1-2H3,(H,18,19). The highest BCUT2D eigenvalue weighted by Gasteiger charge is 2.33. The average molecular weight is 270 g/mol. The van der Waals surface area contributed by atoms with Gasteiger partial charge in [-0.3, -0.25) is 4.79 Å². The van der Waals surface area contributed by atoms with E-state index in [1.807, 2.05) is 0 Å². The Morgan fingerprint density at radius 1 is 1.42 bits per heavy atom. The molecule has 0 aliphatic rings. The van der Waals surface area contributed by atoms with Gasteiger partial charge in [0.2, 0.25) is 5.91 Å². The number of nitrogens with one attached hydrogen (secondary N) is 1. The maximum atomic E-state index is 12.6. The van der Waals surface area contributed by atoms with Crippen LogP contribution in [-0.2, 0) is 17.5 Å². The van der Waals surface area contributed by atoms with Crippen LogP contribution in [0.1, 0.15) is 30.5 Å². The molecule has 6 heteroatoms. The molecule has 1 aromatic rings. The van der Waals surface area contributed by atoms with Crippen molar-refractivity contribution < 1.29 is 18.0 Å². The van der Waals surface area contributed by atoms with Gasteiger partial charge in [0, 0.05) is 12.5 Å². The van der Waals surface area contributed by atoms with Crippen molar-refractivity contribution in [1.82, 2.24) is 5.32 Å². The van der Waals surface area contributed by atoms with Gasteiger partial charge in [0.05, 0.1) is 17.2 Å². The normalized spacial score (nSPS) is 11.2. The number of rotatable bonds is 3. The van der Waals surface area contributed by atoms with Crippen LogP contribution in [0.25, 0.3) is 0 Å². The van der Waals surface area contributed by atoms with E-state index in [-0.39, 0.29) is 18.4 Å². The molecule has 19 heavy (non-hydrogen) atoms. The zero-order valence-electron chi connectivity index (χ0n) is 10.5. The first-order valence-corrected chi connectivity index (χ1v) is 5.63. The lowest BCUT2D eigenvalue weighted by Gasteiger charge is -2.11. The number of amides is 1. The first kappa shape index (κ1) is 15.0. The molecule has 0 saturated heterocycles. The summed E-state index contributed by atoms with van der Waals surface area (Å²) in [5, 5.41) is 11.3. The van der Waals surface area contributed by atoms with Gasteiger partial charge in [-0.2, -0.15) is 18.4 Å². The molecule has 0 aromatic heterocycles. The molecule has 0 spiro atoms. The van der Waals surface area contributed by atoms with Gasteiger partial charge in [-0.05, 0) is 17.7 Å². The van der Waals surface area contributed by atoms with E-state index < -0.39 is 17.3 Å². The lowest BCUT2D eigenvalue weighted by molar-refractivity contribution is -0.137. The predicted molar refractivity (Wildman–Crippen MR) is 62.8 cm³/mol. The van der Waals surface area contributed by atoms with E-state index >= 15 is 0 Å². The van der Waals surface area contributed by atoms with Gasteiger partial charge in [-0.1, -0.05) is 19.9 Å². The summed E-state index contributed by atoms with van der Waals surface area (Å²) in [5.74, 6) is -0.400. The minimum atomic E-state index is -4.55. The molecule has 0 bridgehead atoms. The van der Waals surface area contributed by atoms with Gasteiger partial charge in [0.25, 0.3) is 0 Å². The molecule has 0 radical (unpaired) electrons.